The van der Waals surface area contributed by atoms with E-state index in [1.54, 1.807) is 0 Å². The predicted octanol–water partition coefficient (Wildman–Crippen LogP) is 2.82. The second-order valence-electron chi connectivity index (χ2n) is 7.66. The van der Waals surface area contributed by atoms with Crippen molar-refractivity contribution in [2.45, 2.75) is 45.4 Å². The van der Waals surface area contributed by atoms with Gasteiger partial charge in [0.1, 0.15) is 12.6 Å². The predicted molar refractivity (Wildman–Crippen MR) is 116 cm³/mol. The van der Waals surface area contributed by atoms with Crippen LogP contribution in [0.4, 0.5) is 4.79 Å². The molecule has 2 N–H and O–H groups in total. The monoisotopic (exact) mass is 424 g/mol. The van der Waals surface area contributed by atoms with Crippen molar-refractivity contribution in [1.82, 2.24) is 10.6 Å². The van der Waals surface area contributed by atoms with Crippen molar-refractivity contribution in [2.75, 3.05) is 0 Å². The van der Waals surface area contributed by atoms with Crippen LogP contribution in [-0.4, -0.2) is 36.2 Å². The van der Waals surface area contributed by atoms with Crippen LogP contribution in [0.2, 0.25) is 0 Å². The highest BCUT2D eigenvalue weighted by Crippen LogP contribution is 2.09. The number of rotatable bonds is 11. The van der Waals surface area contributed by atoms with Gasteiger partial charge in [-0.05, 0) is 23.5 Å². The van der Waals surface area contributed by atoms with Crippen molar-refractivity contribution >= 4 is 24.1 Å². The zero-order chi connectivity index (χ0) is 22.6. The summed E-state index contributed by atoms with van der Waals surface area (Å²) in [6, 6.07) is 16.4. The van der Waals surface area contributed by atoms with Crippen LogP contribution in [0.25, 0.3) is 0 Å². The van der Waals surface area contributed by atoms with Gasteiger partial charge in [0.05, 0.1) is 6.04 Å². The molecule has 7 heteroatoms. The van der Waals surface area contributed by atoms with Gasteiger partial charge in [0.25, 0.3) is 0 Å². The second kappa shape index (κ2) is 12.3. The number of ketones is 1. The molecule has 2 rings (SSSR count). The molecule has 0 aliphatic carbocycles. The van der Waals surface area contributed by atoms with Gasteiger partial charge in [0.15, 0.2) is 6.29 Å². The molecule has 2 unspecified atom stereocenters. The Morgan fingerprint density at radius 2 is 1.45 bits per heavy atom. The molecule has 31 heavy (non-hydrogen) atoms. The summed E-state index contributed by atoms with van der Waals surface area (Å²) in [7, 11) is 0. The largest absolute Gasteiger partial charge is 0.445 e. The van der Waals surface area contributed by atoms with Crippen LogP contribution < -0.4 is 10.6 Å². The van der Waals surface area contributed by atoms with Crippen LogP contribution in [0.15, 0.2) is 60.7 Å². The van der Waals surface area contributed by atoms with E-state index >= 15 is 0 Å². The molecule has 2 amide bonds. The third kappa shape index (κ3) is 8.42. The molecule has 2 atom stereocenters. The van der Waals surface area contributed by atoms with Crippen LogP contribution >= 0.6 is 0 Å². The Morgan fingerprint density at radius 3 is 2.00 bits per heavy atom. The highest BCUT2D eigenvalue weighted by atomic mass is 16.5. The summed E-state index contributed by atoms with van der Waals surface area (Å²) in [4.78, 5) is 48.2. The first-order chi connectivity index (χ1) is 14.9. The number of Topliss-reactive ketones (excluding diaryl/α,β-unsaturated/α-hetero) is 1. The van der Waals surface area contributed by atoms with Gasteiger partial charge in [0, 0.05) is 6.42 Å². The fourth-order valence-corrected chi connectivity index (χ4v) is 3.04. The smallest absolute Gasteiger partial charge is 0.408 e. The fourth-order valence-electron chi connectivity index (χ4n) is 3.04. The van der Waals surface area contributed by atoms with E-state index in [1.165, 1.54) is 0 Å². The number of ether oxygens (including phenoxy) is 1. The van der Waals surface area contributed by atoms with Crippen LogP contribution in [0, 0.1) is 5.92 Å². The summed E-state index contributed by atoms with van der Waals surface area (Å²) in [5, 5.41) is 5.19. The van der Waals surface area contributed by atoms with E-state index in [-0.39, 0.29) is 25.2 Å². The summed E-state index contributed by atoms with van der Waals surface area (Å²) in [6.07, 6.45) is -0.0143. The van der Waals surface area contributed by atoms with E-state index in [2.05, 4.69) is 10.6 Å². The van der Waals surface area contributed by atoms with E-state index < -0.39 is 29.9 Å². The number of hydrogen-bond donors (Lipinski definition) is 2. The average Bonchev–Trinajstić information content (AvgIpc) is 2.77. The minimum absolute atomic E-state index is 0.0615. The average molecular weight is 424 g/mol. The zero-order valence-electron chi connectivity index (χ0n) is 17.7. The SMILES string of the molecule is CC(C)CC(NC(=O)C(Cc1ccccc1)NC(=O)OCc1ccccc1)C(=O)C=O. The molecule has 7 nitrogen and oxygen atoms in total. The van der Waals surface area contributed by atoms with Gasteiger partial charge >= 0.3 is 6.09 Å². The van der Waals surface area contributed by atoms with Crippen molar-refractivity contribution in [1.29, 1.82) is 0 Å². The maximum atomic E-state index is 12.9. The van der Waals surface area contributed by atoms with Gasteiger partial charge < -0.3 is 15.4 Å². The zero-order valence-corrected chi connectivity index (χ0v) is 17.7. The van der Waals surface area contributed by atoms with E-state index in [4.69, 9.17) is 4.74 Å². The molecule has 2 aromatic carbocycles. The Kier molecular flexibility index (Phi) is 9.42. The first-order valence-electron chi connectivity index (χ1n) is 10.2. The number of amides is 2. The van der Waals surface area contributed by atoms with Crippen molar-refractivity contribution in [3.63, 3.8) is 0 Å². The minimum atomic E-state index is -0.972. The molecule has 0 radical (unpaired) electrons. The van der Waals surface area contributed by atoms with E-state index in [0.29, 0.717) is 6.42 Å². The molecule has 0 saturated carbocycles. The standard InChI is InChI=1S/C24H28N2O5/c1-17(2)13-20(22(28)15-27)25-23(29)21(14-18-9-5-3-6-10-18)26-24(30)31-16-19-11-7-4-8-12-19/h3-12,15,17,20-21H,13-14,16H2,1-2H3,(H,25,29)(H,26,30). The molecular formula is C24H28N2O5. The maximum absolute atomic E-state index is 12.9. The molecule has 0 aliphatic rings. The number of benzene rings is 2. The van der Waals surface area contributed by atoms with Crippen LogP contribution in [-0.2, 0) is 32.1 Å². The van der Waals surface area contributed by atoms with E-state index in [0.717, 1.165) is 11.1 Å². The fraction of sp³-hybridized carbons (Fsp3) is 0.333. The molecular weight excluding hydrogens is 396 g/mol. The van der Waals surface area contributed by atoms with Gasteiger partial charge in [-0.15, -0.1) is 0 Å². The lowest BCUT2D eigenvalue weighted by atomic mass is 9.99. The van der Waals surface area contributed by atoms with E-state index in [9.17, 15) is 19.2 Å². The lowest BCUT2D eigenvalue weighted by molar-refractivity contribution is -0.134. The molecule has 2 aromatic rings. The molecule has 0 bridgehead atoms. The van der Waals surface area contributed by atoms with Crippen molar-refractivity contribution in [3.8, 4) is 0 Å². The molecule has 0 aromatic heterocycles. The number of alkyl carbamates (subject to hydrolysis) is 1. The highest BCUT2D eigenvalue weighted by molar-refractivity contribution is 6.28. The Labute approximate surface area is 182 Å². The normalized spacial score (nSPS) is 12.5. The highest BCUT2D eigenvalue weighted by Gasteiger charge is 2.27. The van der Waals surface area contributed by atoms with Gasteiger partial charge in [-0.3, -0.25) is 14.4 Å². The number of carbonyl (C=O) groups is 4. The number of aldehydes is 1. The Hall–Kier alpha value is -3.48. The van der Waals surface area contributed by atoms with Crippen molar-refractivity contribution in [2.24, 2.45) is 5.92 Å². The third-order valence-corrected chi connectivity index (χ3v) is 4.59. The molecule has 0 spiro atoms. The maximum Gasteiger partial charge on any atom is 0.408 e. The van der Waals surface area contributed by atoms with Gasteiger partial charge in [-0.25, -0.2) is 4.79 Å². The van der Waals surface area contributed by atoms with Crippen LogP contribution in [0.3, 0.4) is 0 Å². The van der Waals surface area contributed by atoms with Crippen molar-refractivity contribution < 1.29 is 23.9 Å². The van der Waals surface area contributed by atoms with Crippen molar-refractivity contribution in [3.05, 3.63) is 71.8 Å². The van der Waals surface area contributed by atoms with Gasteiger partial charge in [0.2, 0.25) is 11.7 Å². The molecule has 0 saturated heterocycles. The van der Waals surface area contributed by atoms with E-state index in [1.807, 2.05) is 74.5 Å². The molecule has 0 heterocycles. The number of nitrogens with one attached hydrogen (secondary N) is 2. The summed E-state index contributed by atoms with van der Waals surface area (Å²) >= 11 is 0. The lowest BCUT2D eigenvalue weighted by Gasteiger charge is -2.23. The quantitative estimate of drug-likeness (QED) is 0.427. The third-order valence-electron chi connectivity index (χ3n) is 4.59. The first-order valence-corrected chi connectivity index (χ1v) is 10.2. The summed E-state index contributed by atoms with van der Waals surface area (Å²) < 4.78 is 5.23. The Morgan fingerprint density at radius 1 is 0.871 bits per heavy atom. The molecule has 164 valence electrons. The lowest BCUT2D eigenvalue weighted by Crippen LogP contribution is -2.53. The second-order valence-corrected chi connectivity index (χ2v) is 7.66. The van der Waals surface area contributed by atoms with Crippen LogP contribution in [0.5, 0.6) is 0 Å². The topological polar surface area (TPSA) is 102 Å². The summed E-state index contributed by atoms with van der Waals surface area (Å²) in [6.45, 7) is 3.84. The summed E-state index contributed by atoms with van der Waals surface area (Å²) in [5.41, 5.74) is 1.64. The Bertz CT molecular complexity index is 868. The number of carbonyl (C=O) groups excluding carboxylic acids is 4. The van der Waals surface area contributed by atoms with Crippen LogP contribution in [0.1, 0.15) is 31.4 Å². The first kappa shape index (κ1) is 23.8. The molecule has 0 aliphatic heterocycles. The summed E-state index contributed by atoms with van der Waals surface area (Å²) in [5.74, 6) is -1.17. The minimum Gasteiger partial charge on any atom is -0.445 e. The van der Waals surface area contributed by atoms with Gasteiger partial charge in [-0.2, -0.15) is 0 Å². The Balaban J connectivity index is 2.08. The number of hydrogen-bond acceptors (Lipinski definition) is 5. The molecule has 0 fully saturated rings. The van der Waals surface area contributed by atoms with Gasteiger partial charge in [-0.1, -0.05) is 74.5 Å².